The predicted molar refractivity (Wildman–Crippen MR) is 202 cm³/mol. The van der Waals surface area contributed by atoms with Crippen molar-refractivity contribution in [3.05, 3.63) is 165 Å². The van der Waals surface area contributed by atoms with Crippen LogP contribution in [0.5, 0.6) is 23.0 Å². The minimum atomic E-state index is 0. The van der Waals surface area contributed by atoms with Crippen LogP contribution in [0.25, 0.3) is 72.1 Å². The Kier molecular flexibility index (Phi) is 9.95. The average molecular weight is 895 g/mol. The number of ether oxygens (including phenoxy) is 2. The van der Waals surface area contributed by atoms with Gasteiger partial charge in [0.25, 0.3) is 0 Å². The van der Waals surface area contributed by atoms with E-state index in [4.69, 9.17) is 9.47 Å². The first-order valence-electron chi connectivity index (χ1n) is 16.7. The fraction of sp³-hybridized carbons (Fsp3) is 0. The third-order valence-electron chi connectivity index (χ3n) is 8.79. The van der Waals surface area contributed by atoms with Gasteiger partial charge in [-0.05, 0) is 41.7 Å². The smallest absolute Gasteiger partial charge is 0.503 e. The van der Waals surface area contributed by atoms with Crippen LogP contribution in [-0.4, -0.2) is 34.5 Å². The van der Waals surface area contributed by atoms with E-state index in [9.17, 15) is 0 Å². The van der Waals surface area contributed by atoms with Gasteiger partial charge in [-0.15, -0.1) is 71.8 Å². The van der Waals surface area contributed by atoms with Crippen molar-refractivity contribution in [1.82, 2.24) is 34.5 Å². The van der Waals surface area contributed by atoms with E-state index in [1.54, 1.807) is 30.9 Å². The molecule has 266 valence electrons. The van der Waals surface area contributed by atoms with Gasteiger partial charge in [0.05, 0.1) is 11.0 Å². The van der Waals surface area contributed by atoms with Crippen molar-refractivity contribution in [2.75, 3.05) is 0 Å². The summed E-state index contributed by atoms with van der Waals surface area (Å²) in [7, 11) is 0. The van der Waals surface area contributed by atoms with Gasteiger partial charge in [-0.1, -0.05) is 35.3 Å². The molecule has 0 radical (unpaired) electrons. The third-order valence-corrected chi connectivity index (χ3v) is 8.79. The van der Waals surface area contributed by atoms with Gasteiger partial charge in [-0.2, -0.15) is 22.9 Å². The molecular weight excluding hydrogens is 871 g/mol. The van der Waals surface area contributed by atoms with E-state index in [0.717, 1.165) is 66.1 Å². The quantitative estimate of drug-likeness (QED) is 0.115. The first-order valence-corrected chi connectivity index (χ1v) is 16.7. The second-order valence-corrected chi connectivity index (χ2v) is 12.1. The molecule has 0 aliphatic heterocycles. The van der Waals surface area contributed by atoms with E-state index in [1.807, 2.05) is 114 Å². The zero-order valence-corrected chi connectivity index (χ0v) is 31.5. The molecule has 0 saturated heterocycles. The summed E-state index contributed by atoms with van der Waals surface area (Å²) in [5, 5.41) is 3.80. The maximum atomic E-state index is 6.34. The maximum absolute atomic E-state index is 6.34. The summed E-state index contributed by atoms with van der Waals surface area (Å²) in [6, 6.07) is 46.3. The molecule has 9 nitrogen and oxygen atoms in total. The minimum Gasteiger partial charge on any atom is -0.503 e. The van der Waals surface area contributed by atoms with Crippen LogP contribution in [0.3, 0.4) is 0 Å². The van der Waals surface area contributed by atoms with Gasteiger partial charge in [0.15, 0.2) is 0 Å². The molecule has 0 fully saturated rings. The van der Waals surface area contributed by atoms with Gasteiger partial charge < -0.3 is 24.0 Å². The Morgan fingerprint density at radius 1 is 0.436 bits per heavy atom. The summed E-state index contributed by atoms with van der Waals surface area (Å²) >= 11 is 0. The van der Waals surface area contributed by atoms with Crippen LogP contribution in [-0.2, 0) is 40.8 Å². The van der Waals surface area contributed by atoms with Crippen molar-refractivity contribution < 1.29 is 50.3 Å². The van der Waals surface area contributed by atoms with Gasteiger partial charge in [0.1, 0.15) is 0 Å². The monoisotopic (exact) mass is 893 g/mol. The molecule has 0 unspecified atom stereocenters. The molecule has 10 rings (SSSR count). The molecule has 6 aromatic heterocycles. The van der Waals surface area contributed by atoms with Crippen molar-refractivity contribution in [2.24, 2.45) is 0 Å². The van der Waals surface area contributed by atoms with E-state index in [1.165, 1.54) is 0 Å². The molecule has 0 amide bonds. The van der Waals surface area contributed by atoms with Crippen molar-refractivity contribution >= 4 is 43.6 Å². The van der Waals surface area contributed by atoms with Gasteiger partial charge in [0, 0.05) is 71.0 Å². The zero-order valence-electron chi connectivity index (χ0n) is 28.4. The van der Waals surface area contributed by atoms with Crippen LogP contribution in [0, 0.1) is 24.3 Å². The first kappa shape index (κ1) is 35.8. The van der Waals surface area contributed by atoms with Crippen LogP contribution in [0.1, 0.15) is 0 Å². The fourth-order valence-electron chi connectivity index (χ4n) is 6.33. The Labute approximate surface area is 342 Å². The number of fused-ring (bicyclic) bond motifs is 5. The maximum Gasteiger partial charge on any atom is 2.00 e. The van der Waals surface area contributed by atoms with E-state index in [2.05, 4.69) is 54.2 Å². The van der Waals surface area contributed by atoms with Crippen LogP contribution in [0.2, 0.25) is 0 Å². The molecule has 0 saturated carbocycles. The summed E-state index contributed by atoms with van der Waals surface area (Å²) in [5.41, 5.74) is 6.25. The van der Waals surface area contributed by atoms with E-state index < -0.39 is 0 Å². The number of hydrogen-bond donors (Lipinski definition) is 0. The molecule has 0 aliphatic rings. The summed E-state index contributed by atoms with van der Waals surface area (Å²) in [6.45, 7) is 0. The number of aromatic nitrogens is 7. The van der Waals surface area contributed by atoms with Crippen LogP contribution in [0.15, 0.2) is 140 Å². The molecule has 0 N–H and O–H groups in total. The molecule has 6 heterocycles. The number of hydrogen-bond acceptors (Lipinski definition) is 8. The molecule has 11 heteroatoms. The Morgan fingerprint density at radius 2 is 0.909 bits per heavy atom. The van der Waals surface area contributed by atoms with Crippen molar-refractivity contribution in [3.8, 4) is 51.5 Å². The van der Waals surface area contributed by atoms with E-state index in [0.29, 0.717) is 28.9 Å². The Bertz CT molecular complexity index is 2810. The van der Waals surface area contributed by atoms with Crippen molar-refractivity contribution in [3.63, 3.8) is 0 Å². The Hall–Kier alpha value is -6.20. The summed E-state index contributed by atoms with van der Waals surface area (Å²) in [5.74, 6) is 2.51. The summed E-state index contributed by atoms with van der Waals surface area (Å²) in [6.07, 6.45) is 10.6. The number of pyridine rings is 4. The van der Waals surface area contributed by atoms with E-state index >= 15 is 0 Å². The molecular formula is C44H23N7O2Pd2. The van der Waals surface area contributed by atoms with Crippen LogP contribution in [0.4, 0.5) is 0 Å². The van der Waals surface area contributed by atoms with Gasteiger partial charge in [-0.25, -0.2) is 9.97 Å². The normalized spacial score (nSPS) is 11.0. The minimum absolute atomic E-state index is 0. The van der Waals surface area contributed by atoms with Crippen LogP contribution < -0.4 is 9.47 Å². The van der Waals surface area contributed by atoms with Gasteiger partial charge >= 0.3 is 40.8 Å². The predicted octanol–water partition coefficient (Wildman–Crippen LogP) is 9.57. The second-order valence-electron chi connectivity index (χ2n) is 12.1. The first-order chi connectivity index (χ1) is 26.2. The number of benzene rings is 4. The van der Waals surface area contributed by atoms with Crippen molar-refractivity contribution in [2.45, 2.75) is 0 Å². The molecule has 0 atom stereocenters. The van der Waals surface area contributed by atoms with E-state index in [-0.39, 0.29) is 40.8 Å². The summed E-state index contributed by atoms with van der Waals surface area (Å²) < 4.78 is 14.6. The largest absolute Gasteiger partial charge is 2.00 e. The van der Waals surface area contributed by atoms with Gasteiger partial charge in [-0.3, -0.25) is 9.97 Å². The van der Waals surface area contributed by atoms with Crippen LogP contribution >= 0.6 is 0 Å². The molecule has 0 aliphatic carbocycles. The standard InChI is InChI=1S/C44H23N7O2.2Pd/c1-6-28(38-24-40-30(26-49-38)8-3-16-45-40)20-32(10-1)52-34-12-14-36-37-15-13-35(23-43(37)51(42(36)22-34)44-47-18-5-19-48-44)53-33-11-2-7-29(21-33)39-25-41-31(27-50-39)9-4-17-46-41;;/h1-19,24-27H;;/q-4;2*+2. The molecule has 4 aromatic carbocycles. The second kappa shape index (κ2) is 15.3. The third kappa shape index (κ3) is 6.99. The fourth-order valence-corrected chi connectivity index (χ4v) is 6.33. The topological polar surface area (TPSA) is 101 Å². The molecule has 55 heavy (non-hydrogen) atoms. The molecule has 0 spiro atoms. The molecule has 10 aromatic rings. The Balaban J connectivity index is 0.00000214. The summed E-state index contributed by atoms with van der Waals surface area (Å²) in [4.78, 5) is 27.3. The van der Waals surface area contributed by atoms with Crippen molar-refractivity contribution in [1.29, 1.82) is 0 Å². The molecule has 0 bridgehead atoms. The SMILES string of the molecule is [Pd+2].[Pd+2].[c-]1c(Oc2[c-]c3c(cc2)c2ccc(Oc4[c-]c(-c5cc6ncccc6cn5)ccc4)[c-]c2n3-c2ncccn2)cccc1-c1cc2ncccc2cn1. The number of nitrogens with zero attached hydrogens (tertiary/aromatic N) is 7. The zero-order chi connectivity index (χ0) is 35.1. The average Bonchev–Trinajstić information content (AvgIpc) is 3.53. The number of rotatable bonds is 7. The van der Waals surface area contributed by atoms with Gasteiger partial charge in [0.2, 0.25) is 5.95 Å². The Morgan fingerprint density at radius 3 is 1.42 bits per heavy atom.